The van der Waals surface area contributed by atoms with Crippen molar-refractivity contribution in [3.63, 3.8) is 0 Å². The fourth-order valence-electron chi connectivity index (χ4n) is 2.88. The highest BCUT2D eigenvalue weighted by Crippen LogP contribution is 2.27. The van der Waals surface area contributed by atoms with Crippen LogP contribution in [0, 0.1) is 0 Å². The van der Waals surface area contributed by atoms with Crippen molar-refractivity contribution in [2.45, 2.75) is 4.90 Å². The van der Waals surface area contributed by atoms with Crippen LogP contribution in [-0.4, -0.2) is 72.9 Å². The first-order valence-electron chi connectivity index (χ1n) is 8.14. The molecule has 0 radical (unpaired) electrons. The Kier molecular flexibility index (Phi) is 4.81. The average Bonchev–Trinajstić information content (AvgIpc) is 3.05. The van der Waals surface area contributed by atoms with Gasteiger partial charge in [-0.1, -0.05) is 0 Å². The van der Waals surface area contributed by atoms with Gasteiger partial charge in [-0.25, -0.2) is 13.2 Å². The molecule has 0 saturated carbocycles. The summed E-state index contributed by atoms with van der Waals surface area (Å²) in [5.41, 5.74) is -0.0970. The van der Waals surface area contributed by atoms with E-state index in [0.717, 1.165) is 0 Å². The number of nitrogens with one attached hydrogen (secondary N) is 2. The molecule has 0 saturated heterocycles. The molecule has 10 heteroatoms. The van der Waals surface area contributed by atoms with Crippen molar-refractivity contribution in [2.75, 3.05) is 34.2 Å². The second-order valence-corrected chi connectivity index (χ2v) is 8.59. The fraction of sp³-hybridized carbons (Fsp3) is 0.294. The van der Waals surface area contributed by atoms with Gasteiger partial charge in [0.2, 0.25) is 10.0 Å². The molecule has 1 aromatic carbocycles. The van der Waals surface area contributed by atoms with Crippen molar-refractivity contribution >= 4 is 37.8 Å². The van der Waals surface area contributed by atoms with Crippen LogP contribution in [0.15, 0.2) is 34.1 Å². The van der Waals surface area contributed by atoms with E-state index < -0.39 is 21.6 Å². The Bertz CT molecular complexity index is 1190. The van der Waals surface area contributed by atoms with Crippen LogP contribution in [0.25, 0.3) is 21.8 Å². The van der Waals surface area contributed by atoms with E-state index in [1.807, 2.05) is 19.0 Å². The standard InChI is InChI=1S/C17H20N4O5S/c1-20(2)6-7-21(3)27(25,26)10-4-5-13-11(8-10)14-12(17(23)24)9-18-15(14)16(22)19-13/h4-5,8-9,18H,6-7H2,1-3H3,(H,19,22)(H,23,24). The van der Waals surface area contributed by atoms with Gasteiger partial charge in [0.15, 0.2) is 0 Å². The lowest BCUT2D eigenvalue weighted by molar-refractivity contribution is 0.0699. The van der Waals surface area contributed by atoms with E-state index in [9.17, 15) is 23.1 Å². The van der Waals surface area contributed by atoms with Gasteiger partial charge in [-0.2, -0.15) is 4.31 Å². The Balaban J connectivity index is 2.21. The smallest absolute Gasteiger partial charge is 0.337 e. The molecule has 0 spiro atoms. The van der Waals surface area contributed by atoms with Crippen molar-refractivity contribution in [2.24, 2.45) is 0 Å². The number of pyridine rings is 1. The highest BCUT2D eigenvalue weighted by Gasteiger charge is 2.23. The summed E-state index contributed by atoms with van der Waals surface area (Å²) in [4.78, 5) is 30.9. The number of hydrogen-bond donors (Lipinski definition) is 3. The number of carboxylic acids is 1. The summed E-state index contributed by atoms with van der Waals surface area (Å²) >= 11 is 0. The minimum atomic E-state index is -3.76. The Morgan fingerprint density at radius 1 is 1.19 bits per heavy atom. The number of rotatable bonds is 6. The van der Waals surface area contributed by atoms with Gasteiger partial charge < -0.3 is 20.0 Å². The topological polar surface area (TPSA) is 127 Å². The molecular weight excluding hydrogens is 372 g/mol. The normalized spacial score (nSPS) is 12.5. The number of aromatic amines is 2. The minimum Gasteiger partial charge on any atom is -0.478 e. The molecule has 144 valence electrons. The van der Waals surface area contributed by atoms with Gasteiger partial charge in [-0.3, -0.25) is 4.79 Å². The molecule has 0 atom stereocenters. The van der Waals surface area contributed by atoms with Gasteiger partial charge in [0, 0.05) is 42.6 Å². The maximum Gasteiger partial charge on any atom is 0.337 e. The minimum absolute atomic E-state index is 0.0298. The van der Waals surface area contributed by atoms with Gasteiger partial charge in [0.05, 0.1) is 10.5 Å². The first-order valence-corrected chi connectivity index (χ1v) is 9.58. The summed E-state index contributed by atoms with van der Waals surface area (Å²) in [5.74, 6) is -1.20. The van der Waals surface area contributed by atoms with Crippen LogP contribution in [0.1, 0.15) is 10.4 Å². The van der Waals surface area contributed by atoms with Crippen molar-refractivity contribution in [1.82, 2.24) is 19.2 Å². The molecule has 0 amide bonds. The van der Waals surface area contributed by atoms with Crippen LogP contribution in [0.5, 0.6) is 0 Å². The lowest BCUT2D eigenvalue weighted by Gasteiger charge is -2.19. The largest absolute Gasteiger partial charge is 0.478 e. The van der Waals surface area contributed by atoms with Gasteiger partial charge in [0.25, 0.3) is 5.56 Å². The number of carbonyl (C=O) groups is 1. The zero-order valence-corrected chi connectivity index (χ0v) is 15.9. The lowest BCUT2D eigenvalue weighted by atomic mass is 10.1. The van der Waals surface area contributed by atoms with Crippen molar-refractivity contribution in [1.29, 1.82) is 0 Å². The number of nitrogens with zero attached hydrogens (tertiary/aromatic N) is 2. The summed E-state index contributed by atoms with van der Waals surface area (Å²) in [6, 6.07) is 4.27. The lowest BCUT2D eigenvalue weighted by Crippen LogP contribution is -2.33. The first kappa shape index (κ1) is 19.1. The summed E-state index contributed by atoms with van der Waals surface area (Å²) in [6.45, 7) is 0.862. The molecule has 0 aliphatic heterocycles. The highest BCUT2D eigenvalue weighted by atomic mass is 32.2. The van der Waals surface area contributed by atoms with Crippen LogP contribution in [0.4, 0.5) is 0 Å². The Morgan fingerprint density at radius 2 is 1.89 bits per heavy atom. The van der Waals surface area contributed by atoms with Gasteiger partial charge in [0.1, 0.15) is 5.52 Å². The maximum atomic E-state index is 12.9. The maximum absolute atomic E-state index is 12.9. The van der Waals surface area contributed by atoms with Crippen molar-refractivity contribution in [3.8, 4) is 0 Å². The molecule has 0 fully saturated rings. The molecule has 0 bridgehead atoms. The highest BCUT2D eigenvalue weighted by molar-refractivity contribution is 7.89. The Morgan fingerprint density at radius 3 is 2.52 bits per heavy atom. The number of sulfonamides is 1. The second-order valence-electron chi connectivity index (χ2n) is 6.55. The zero-order chi connectivity index (χ0) is 19.9. The summed E-state index contributed by atoms with van der Waals surface area (Å²) in [6.07, 6.45) is 1.23. The summed E-state index contributed by atoms with van der Waals surface area (Å²) in [5, 5.41) is 9.94. The number of hydrogen-bond acceptors (Lipinski definition) is 5. The molecule has 3 rings (SSSR count). The van der Waals surface area contributed by atoms with Gasteiger partial charge in [-0.05, 0) is 32.3 Å². The van der Waals surface area contributed by atoms with E-state index in [0.29, 0.717) is 24.0 Å². The molecule has 9 nitrogen and oxygen atoms in total. The number of aromatic carboxylic acids is 1. The van der Waals surface area contributed by atoms with Crippen molar-refractivity contribution < 1.29 is 18.3 Å². The van der Waals surface area contributed by atoms with Crippen LogP contribution in [0.2, 0.25) is 0 Å². The van der Waals surface area contributed by atoms with Crippen LogP contribution in [-0.2, 0) is 10.0 Å². The Labute approximate surface area is 155 Å². The molecule has 0 aliphatic rings. The third kappa shape index (κ3) is 3.34. The Hall–Kier alpha value is -2.69. The molecule has 0 unspecified atom stereocenters. The van der Waals surface area contributed by atoms with E-state index >= 15 is 0 Å². The summed E-state index contributed by atoms with van der Waals surface area (Å²) < 4.78 is 27.0. The van der Waals surface area contributed by atoms with Gasteiger partial charge in [-0.15, -0.1) is 0 Å². The number of fused-ring (bicyclic) bond motifs is 3. The fourth-order valence-corrected chi connectivity index (χ4v) is 4.06. The summed E-state index contributed by atoms with van der Waals surface area (Å²) in [7, 11) is 1.43. The third-order valence-electron chi connectivity index (χ3n) is 4.42. The van der Waals surface area contributed by atoms with Crippen LogP contribution < -0.4 is 5.56 Å². The van der Waals surface area contributed by atoms with E-state index in [2.05, 4.69) is 9.97 Å². The first-order chi connectivity index (χ1) is 12.6. The SMILES string of the molecule is CN(C)CCN(C)S(=O)(=O)c1ccc2[nH]c(=O)c3[nH]cc(C(=O)O)c3c2c1. The van der Waals surface area contributed by atoms with Crippen LogP contribution in [0.3, 0.4) is 0 Å². The third-order valence-corrected chi connectivity index (χ3v) is 6.27. The van der Waals surface area contributed by atoms with Gasteiger partial charge >= 0.3 is 5.97 Å². The number of carboxylic acid groups (broad SMARTS) is 1. The van der Waals surface area contributed by atoms with E-state index in [-0.39, 0.29) is 21.4 Å². The van der Waals surface area contributed by atoms with Crippen molar-refractivity contribution in [3.05, 3.63) is 40.3 Å². The number of H-pyrrole nitrogens is 2. The molecular formula is C17H20N4O5S. The molecule has 3 N–H and O–H groups in total. The quantitative estimate of drug-likeness (QED) is 0.572. The van der Waals surface area contributed by atoms with E-state index in [4.69, 9.17) is 0 Å². The number of benzene rings is 1. The molecule has 0 aliphatic carbocycles. The monoisotopic (exact) mass is 392 g/mol. The van der Waals surface area contributed by atoms with Crippen LogP contribution >= 0.6 is 0 Å². The predicted octanol–water partition coefficient (Wildman–Crippen LogP) is 0.890. The molecule has 2 heterocycles. The second kappa shape index (κ2) is 6.80. The molecule has 3 aromatic rings. The average molecular weight is 392 g/mol. The van der Waals surface area contributed by atoms with E-state index in [1.54, 1.807) is 0 Å². The number of aromatic nitrogens is 2. The molecule has 27 heavy (non-hydrogen) atoms. The number of likely N-dealkylation sites (N-methyl/N-ethyl adjacent to an activating group) is 2. The molecule has 2 aromatic heterocycles. The predicted molar refractivity (Wildman–Crippen MR) is 102 cm³/mol. The zero-order valence-electron chi connectivity index (χ0n) is 15.1. The van der Waals surface area contributed by atoms with E-state index in [1.165, 1.54) is 35.7 Å².